The van der Waals surface area contributed by atoms with Crippen LogP contribution < -0.4 is 0 Å². The first-order valence-corrected chi connectivity index (χ1v) is 5.17. The van der Waals surface area contributed by atoms with Crippen LogP contribution in [0.15, 0.2) is 36.4 Å². The zero-order chi connectivity index (χ0) is 12.7. The third-order valence-corrected chi connectivity index (χ3v) is 2.09. The molecule has 0 fully saturated rings. The first-order valence-electron chi connectivity index (χ1n) is 5.17. The van der Waals surface area contributed by atoms with Crippen LogP contribution >= 0.6 is 0 Å². The molecule has 0 aliphatic carbocycles. The number of hydrogen-bond donors (Lipinski definition) is 0. The molecule has 3 heteroatoms. The van der Waals surface area contributed by atoms with Gasteiger partial charge < -0.3 is 4.74 Å². The maximum atomic E-state index is 11.0. The average molecular weight is 230 g/mol. The lowest BCUT2D eigenvalue weighted by molar-refractivity contribution is -0.134. The Morgan fingerprint density at radius 3 is 2.06 bits per heavy atom. The van der Waals surface area contributed by atoms with Crippen molar-refractivity contribution >= 4 is 23.9 Å². The lowest BCUT2D eigenvalue weighted by Gasteiger charge is -1.99. The Labute approximate surface area is 100 Å². The Morgan fingerprint density at radius 1 is 1.06 bits per heavy atom. The monoisotopic (exact) mass is 230 g/mol. The van der Waals surface area contributed by atoms with E-state index in [1.165, 1.54) is 26.2 Å². The molecule has 0 amide bonds. The predicted molar refractivity (Wildman–Crippen MR) is 67.2 cm³/mol. The highest BCUT2D eigenvalue weighted by molar-refractivity contribution is 5.92. The standard InChI is InChI=1S/C14H14O3/c1-11(15)7-8-12-5-3-4-6-13(12)9-10-14(16)17-2/h3-10H,1-2H3/b8-7+,10-9+. The van der Waals surface area contributed by atoms with Gasteiger partial charge in [-0.3, -0.25) is 4.79 Å². The largest absolute Gasteiger partial charge is 0.466 e. The highest BCUT2D eigenvalue weighted by atomic mass is 16.5. The van der Waals surface area contributed by atoms with Crippen LogP contribution in [0.5, 0.6) is 0 Å². The fraction of sp³-hybridized carbons (Fsp3) is 0.143. The lowest BCUT2D eigenvalue weighted by atomic mass is 10.1. The number of methoxy groups -OCH3 is 1. The van der Waals surface area contributed by atoms with Gasteiger partial charge in [0.25, 0.3) is 0 Å². The van der Waals surface area contributed by atoms with Crippen LogP contribution in [0.2, 0.25) is 0 Å². The van der Waals surface area contributed by atoms with Crippen molar-refractivity contribution in [3.63, 3.8) is 0 Å². The Morgan fingerprint density at radius 2 is 1.59 bits per heavy atom. The quantitative estimate of drug-likeness (QED) is 0.589. The minimum atomic E-state index is -0.407. The van der Waals surface area contributed by atoms with E-state index in [9.17, 15) is 9.59 Å². The zero-order valence-corrected chi connectivity index (χ0v) is 9.84. The average Bonchev–Trinajstić information content (AvgIpc) is 2.34. The highest BCUT2D eigenvalue weighted by Gasteiger charge is 1.96. The molecular formula is C14H14O3. The van der Waals surface area contributed by atoms with E-state index in [2.05, 4.69) is 4.74 Å². The van der Waals surface area contributed by atoms with Gasteiger partial charge in [-0.2, -0.15) is 0 Å². The van der Waals surface area contributed by atoms with E-state index in [0.29, 0.717) is 0 Å². The van der Waals surface area contributed by atoms with E-state index in [4.69, 9.17) is 0 Å². The van der Waals surface area contributed by atoms with E-state index in [-0.39, 0.29) is 5.78 Å². The van der Waals surface area contributed by atoms with E-state index in [1.54, 1.807) is 12.2 Å². The molecule has 1 aromatic rings. The summed E-state index contributed by atoms with van der Waals surface area (Å²) in [7, 11) is 1.33. The fourth-order valence-corrected chi connectivity index (χ4v) is 1.25. The van der Waals surface area contributed by atoms with Crippen molar-refractivity contribution in [2.75, 3.05) is 7.11 Å². The van der Waals surface area contributed by atoms with Gasteiger partial charge in [-0.05, 0) is 30.2 Å². The summed E-state index contributed by atoms with van der Waals surface area (Å²) in [6.45, 7) is 1.49. The van der Waals surface area contributed by atoms with Crippen LogP contribution in [-0.2, 0) is 14.3 Å². The van der Waals surface area contributed by atoms with Crippen LogP contribution in [0.3, 0.4) is 0 Å². The predicted octanol–water partition coefficient (Wildman–Crippen LogP) is 2.48. The topological polar surface area (TPSA) is 43.4 Å². The molecule has 0 radical (unpaired) electrons. The minimum Gasteiger partial charge on any atom is -0.466 e. The van der Waals surface area contributed by atoms with E-state index < -0.39 is 5.97 Å². The van der Waals surface area contributed by atoms with Gasteiger partial charge in [0.15, 0.2) is 5.78 Å². The molecule has 17 heavy (non-hydrogen) atoms. The minimum absolute atomic E-state index is 0.0169. The van der Waals surface area contributed by atoms with Gasteiger partial charge in [-0.15, -0.1) is 0 Å². The number of carbonyl (C=O) groups excluding carboxylic acids is 2. The summed E-state index contributed by atoms with van der Waals surface area (Å²) in [6.07, 6.45) is 6.22. The molecule has 1 rings (SSSR count). The molecule has 0 saturated heterocycles. The number of ether oxygens (including phenoxy) is 1. The highest BCUT2D eigenvalue weighted by Crippen LogP contribution is 2.12. The first-order chi connectivity index (χ1) is 8.13. The second-order valence-electron chi connectivity index (χ2n) is 3.43. The molecule has 1 aromatic carbocycles. The summed E-state index contributed by atoms with van der Waals surface area (Å²) < 4.78 is 4.51. The Kier molecular flexibility index (Phi) is 4.88. The maximum absolute atomic E-state index is 11.0. The maximum Gasteiger partial charge on any atom is 0.330 e. The number of allylic oxidation sites excluding steroid dienone is 1. The van der Waals surface area contributed by atoms with Crippen molar-refractivity contribution in [1.82, 2.24) is 0 Å². The van der Waals surface area contributed by atoms with Crippen molar-refractivity contribution in [2.24, 2.45) is 0 Å². The van der Waals surface area contributed by atoms with Crippen molar-refractivity contribution in [3.05, 3.63) is 47.5 Å². The normalized spacial score (nSPS) is 10.9. The third-order valence-electron chi connectivity index (χ3n) is 2.09. The van der Waals surface area contributed by atoms with Crippen LogP contribution in [-0.4, -0.2) is 18.9 Å². The summed E-state index contributed by atoms with van der Waals surface area (Å²) in [6, 6.07) is 7.47. The van der Waals surface area contributed by atoms with Crippen LogP contribution in [0, 0.1) is 0 Å². The molecule has 0 aromatic heterocycles. The van der Waals surface area contributed by atoms with Gasteiger partial charge in [0.1, 0.15) is 0 Å². The van der Waals surface area contributed by atoms with Gasteiger partial charge in [-0.1, -0.05) is 30.3 Å². The Balaban J connectivity index is 2.96. The zero-order valence-electron chi connectivity index (χ0n) is 9.84. The van der Waals surface area contributed by atoms with Gasteiger partial charge in [0.2, 0.25) is 0 Å². The van der Waals surface area contributed by atoms with Gasteiger partial charge in [0, 0.05) is 6.08 Å². The molecule has 0 spiro atoms. The van der Waals surface area contributed by atoms with Gasteiger partial charge in [0.05, 0.1) is 7.11 Å². The van der Waals surface area contributed by atoms with Gasteiger partial charge in [-0.25, -0.2) is 4.79 Å². The molecule has 3 nitrogen and oxygen atoms in total. The third kappa shape index (κ3) is 4.47. The second-order valence-corrected chi connectivity index (χ2v) is 3.43. The van der Waals surface area contributed by atoms with Crippen LogP contribution in [0.1, 0.15) is 18.1 Å². The molecule has 0 heterocycles. The number of ketones is 1. The number of hydrogen-bond acceptors (Lipinski definition) is 3. The molecule has 0 N–H and O–H groups in total. The first kappa shape index (κ1) is 12.9. The fourth-order valence-electron chi connectivity index (χ4n) is 1.25. The number of benzene rings is 1. The lowest BCUT2D eigenvalue weighted by Crippen LogP contribution is -1.93. The van der Waals surface area contributed by atoms with Crippen LogP contribution in [0.4, 0.5) is 0 Å². The number of carbonyl (C=O) groups is 2. The molecule has 0 saturated carbocycles. The van der Waals surface area contributed by atoms with Crippen molar-refractivity contribution < 1.29 is 14.3 Å². The molecule has 0 atom stereocenters. The molecule has 0 aliphatic heterocycles. The summed E-state index contributed by atoms with van der Waals surface area (Å²) >= 11 is 0. The number of rotatable bonds is 4. The smallest absolute Gasteiger partial charge is 0.330 e. The Hall–Kier alpha value is -2.16. The summed E-state index contributed by atoms with van der Waals surface area (Å²) in [5.41, 5.74) is 1.73. The summed E-state index contributed by atoms with van der Waals surface area (Å²) in [5.74, 6) is -0.424. The molecule has 88 valence electrons. The Bertz CT molecular complexity index is 470. The molecule has 0 bridgehead atoms. The molecule has 0 unspecified atom stereocenters. The van der Waals surface area contributed by atoms with E-state index in [0.717, 1.165) is 11.1 Å². The molecular weight excluding hydrogens is 216 g/mol. The van der Waals surface area contributed by atoms with Gasteiger partial charge >= 0.3 is 5.97 Å². The van der Waals surface area contributed by atoms with Crippen molar-refractivity contribution in [2.45, 2.75) is 6.92 Å². The summed E-state index contributed by atoms with van der Waals surface area (Å²) in [5, 5.41) is 0. The van der Waals surface area contributed by atoms with Crippen LogP contribution in [0.25, 0.3) is 12.2 Å². The van der Waals surface area contributed by atoms with Crippen molar-refractivity contribution in [3.8, 4) is 0 Å². The van der Waals surface area contributed by atoms with E-state index >= 15 is 0 Å². The summed E-state index contributed by atoms with van der Waals surface area (Å²) in [4.78, 5) is 21.8. The van der Waals surface area contributed by atoms with Crippen molar-refractivity contribution in [1.29, 1.82) is 0 Å². The van der Waals surface area contributed by atoms with E-state index in [1.807, 2.05) is 24.3 Å². The second kappa shape index (κ2) is 6.43. The molecule has 0 aliphatic rings. The SMILES string of the molecule is COC(=O)/C=C/c1ccccc1/C=C/C(C)=O. The number of esters is 1.